The molecular formula is C12H13F3N2O4+. The Bertz CT molecular complexity index is 550. The number of β-amino-alcohol motifs (C(OH)–C–C–N with tert-alkyl or cyclic N) is 1. The summed E-state index contributed by atoms with van der Waals surface area (Å²) in [6.07, 6.45) is -5.38. The van der Waals surface area contributed by atoms with Crippen LogP contribution >= 0.6 is 0 Å². The third-order valence-corrected chi connectivity index (χ3v) is 3.42. The highest BCUT2D eigenvalue weighted by Gasteiger charge is 2.42. The fraction of sp³-hybridized carbons (Fsp3) is 0.500. The molecule has 0 saturated carbocycles. The van der Waals surface area contributed by atoms with Crippen LogP contribution in [-0.2, 0) is 11.4 Å². The van der Waals surface area contributed by atoms with Crippen molar-refractivity contribution in [3.8, 4) is 0 Å². The molecule has 1 aliphatic heterocycles. The average Bonchev–Trinajstić information content (AvgIpc) is 2.78. The molecule has 2 rings (SSSR count). The molecule has 1 aromatic rings. The number of aliphatic hydroxyl groups is 2. The summed E-state index contributed by atoms with van der Waals surface area (Å²) in [6, 6.07) is 2.15. The van der Waals surface area contributed by atoms with Gasteiger partial charge in [0, 0.05) is 18.3 Å². The van der Waals surface area contributed by atoms with Crippen LogP contribution in [0.4, 0.5) is 24.5 Å². The van der Waals surface area contributed by atoms with Gasteiger partial charge in [-0.05, 0) is 18.6 Å². The van der Waals surface area contributed by atoms with Gasteiger partial charge in [-0.2, -0.15) is 13.2 Å². The Balaban J connectivity index is 2.45. The lowest BCUT2D eigenvalue weighted by Gasteiger charge is -2.25. The summed E-state index contributed by atoms with van der Waals surface area (Å²) in [7, 11) is 0. The number of hydrogen-bond donors (Lipinski definition) is 2. The summed E-state index contributed by atoms with van der Waals surface area (Å²) >= 11 is 0. The minimum absolute atomic E-state index is 0.0698. The molecule has 1 saturated heterocycles. The number of hydrogen-bond acceptors (Lipinski definition) is 4. The number of nitrogens with zero attached hydrogens (tertiary/aromatic N) is 2. The van der Waals surface area contributed by atoms with E-state index >= 15 is 0 Å². The van der Waals surface area contributed by atoms with Crippen molar-refractivity contribution in [1.82, 2.24) is 0 Å². The monoisotopic (exact) mass is 306 g/mol. The van der Waals surface area contributed by atoms with E-state index in [0.29, 0.717) is 6.07 Å². The van der Waals surface area contributed by atoms with E-state index in [1.54, 1.807) is 0 Å². The molecule has 0 aromatic heterocycles. The van der Waals surface area contributed by atoms with Crippen molar-refractivity contribution >= 4 is 11.4 Å². The van der Waals surface area contributed by atoms with Crippen molar-refractivity contribution < 1.29 is 33.5 Å². The summed E-state index contributed by atoms with van der Waals surface area (Å²) in [5.41, 5.74) is -2.28. The molecule has 2 unspecified atom stereocenters. The molecule has 1 radical (unpaired) electrons. The maximum Gasteiger partial charge on any atom is 0.423 e. The maximum absolute atomic E-state index is 12.9. The van der Waals surface area contributed by atoms with Crippen molar-refractivity contribution in [2.24, 2.45) is 0 Å². The molecule has 1 heterocycles. The second-order valence-corrected chi connectivity index (χ2v) is 4.83. The van der Waals surface area contributed by atoms with Crippen LogP contribution in [0, 0.1) is 4.91 Å². The van der Waals surface area contributed by atoms with Crippen LogP contribution in [0.3, 0.4) is 0 Å². The fourth-order valence-electron chi connectivity index (χ4n) is 2.47. The van der Waals surface area contributed by atoms with E-state index in [0.717, 1.165) is 6.07 Å². The first-order valence-electron chi connectivity index (χ1n) is 6.15. The fourth-order valence-corrected chi connectivity index (χ4v) is 2.47. The van der Waals surface area contributed by atoms with Crippen molar-refractivity contribution in [3.63, 3.8) is 0 Å². The van der Waals surface area contributed by atoms with E-state index in [-0.39, 0.29) is 25.3 Å². The van der Waals surface area contributed by atoms with Gasteiger partial charge in [0.15, 0.2) is 0 Å². The lowest BCUT2D eigenvalue weighted by atomic mass is 10.1. The van der Waals surface area contributed by atoms with Gasteiger partial charge in [-0.25, -0.2) is 0 Å². The second-order valence-electron chi connectivity index (χ2n) is 4.83. The minimum Gasteiger partial charge on any atom is -0.394 e. The van der Waals surface area contributed by atoms with Gasteiger partial charge in [0.1, 0.15) is 5.56 Å². The largest absolute Gasteiger partial charge is 0.423 e. The molecule has 21 heavy (non-hydrogen) atoms. The van der Waals surface area contributed by atoms with Crippen LogP contribution in [0.15, 0.2) is 18.2 Å². The van der Waals surface area contributed by atoms with Gasteiger partial charge in [-0.1, -0.05) is 0 Å². The van der Waals surface area contributed by atoms with Gasteiger partial charge < -0.3 is 15.1 Å². The Morgan fingerprint density at radius 3 is 2.57 bits per heavy atom. The first-order valence-corrected chi connectivity index (χ1v) is 6.15. The molecule has 1 aliphatic rings. The number of rotatable bonds is 3. The molecule has 2 N–H and O–H groups in total. The lowest BCUT2D eigenvalue weighted by molar-refractivity contribution is -0.770. The molecule has 1 fully saturated rings. The first-order chi connectivity index (χ1) is 9.74. The summed E-state index contributed by atoms with van der Waals surface area (Å²) in [6.45, 7) is -0.254. The minimum atomic E-state index is -4.86. The molecule has 6 nitrogen and oxygen atoms in total. The van der Waals surface area contributed by atoms with E-state index in [1.807, 2.05) is 0 Å². The van der Waals surface area contributed by atoms with Gasteiger partial charge >= 0.3 is 16.8 Å². The Morgan fingerprint density at radius 2 is 2.05 bits per heavy atom. The topological polar surface area (TPSA) is 83.7 Å². The van der Waals surface area contributed by atoms with Crippen molar-refractivity contribution in [2.45, 2.75) is 24.7 Å². The average molecular weight is 306 g/mol. The SMILES string of the molecule is [O][N+](=O)c1ccc(N2CC(O)CC2CO)cc1C(F)(F)F. The summed E-state index contributed by atoms with van der Waals surface area (Å²) < 4.78 is 38.7. The predicted octanol–water partition coefficient (Wildman–Crippen LogP) is 1.39. The Kier molecular flexibility index (Phi) is 4.06. The number of benzene rings is 1. The molecule has 9 heteroatoms. The number of aliphatic hydroxyl groups excluding tert-OH is 2. The van der Waals surface area contributed by atoms with Crippen molar-refractivity contribution in [2.75, 3.05) is 18.1 Å². The number of alkyl halides is 3. The van der Waals surface area contributed by atoms with Crippen molar-refractivity contribution in [3.05, 3.63) is 28.7 Å². The number of anilines is 1. The molecule has 2 atom stereocenters. The molecular weight excluding hydrogens is 293 g/mol. The summed E-state index contributed by atoms with van der Waals surface area (Å²) in [4.78, 5) is 11.0. The highest BCUT2D eigenvalue weighted by atomic mass is 19.4. The van der Waals surface area contributed by atoms with Crippen LogP contribution in [0.1, 0.15) is 12.0 Å². The summed E-state index contributed by atoms with van der Waals surface area (Å²) in [5, 5.41) is 29.4. The van der Waals surface area contributed by atoms with E-state index < -0.39 is 34.5 Å². The molecule has 0 amide bonds. The molecule has 115 valence electrons. The van der Waals surface area contributed by atoms with Crippen LogP contribution in [0.5, 0.6) is 0 Å². The normalized spacial score (nSPS) is 22.6. The zero-order chi connectivity index (χ0) is 15.8. The molecule has 0 aliphatic carbocycles. The summed E-state index contributed by atoms with van der Waals surface area (Å²) in [5.74, 6) is 0. The van der Waals surface area contributed by atoms with Crippen LogP contribution in [0.25, 0.3) is 0 Å². The zero-order valence-electron chi connectivity index (χ0n) is 10.7. The Labute approximate surface area is 117 Å². The van der Waals surface area contributed by atoms with Crippen LogP contribution < -0.4 is 4.90 Å². The predicted molar refractivity (Wildman–Crippen MR) is 64.3 cm³/mol. The molecule has 0 bridgehead atoms. The second kappa shape index (κ2) is 5.49. The van der Waals surface area contributed by atoms with Gasteiger partial charge in [-0.3, -0.25) is 0 Å². The van der Waals surface area contributed by atoms with Gasteiger partial charge in [0.05, 0.1) is 28.9 Å². The van der Waals surface area contributed by atoms with E-state index in [2.05, 4.69) is 0 Å². The first kappa shape index (κ1) is 15.5. The molecule has 0 spiro atoms. The van der Waals surface area contributed by atoms with Crippen molar-refractivity contribution in [1.29, 1.82) is 0 Å². The highest BCUT2D eigenvalue weighted by Crippen LogP contribution is 2.39. The van der Waals surface area contributed by atoms with Gasteiger partial charge in [0.25, 0.3) is 0 Å². The van der Waals surface area contributed by atoms with Gasteiger partial charge in [0.2, 0.25) is 0 Å². The van der Waals surface area contributed by atoms with E-state index in [9.17, 15) is 33.5 Å². The smallest absolute Gasteiger partial charge is 0.394 e. The molecule has 1 aromatic carbocycles. The maximum atomic E-state index is 12.9. The zero-order valence-corrected chi connectivity index (χ0v) is 10.7. The Hall–Kier alpha value is -1.87. The van der Waals surface area contributed by atoms with E-state index in [1.165, 1.54) is 11.0 Å². The number of halogens is 3. The third-order valence-electron chi connectivity index (χ3n) is 3.42. The van der Waals surface area contributed by atoms with Crippen LogP contribution in [-0.4, -0.2) is 40.4 Å². The quantitative estimate of drug-likeness (QED) is 0.827. The Morgan fingerprint density at radius 1 is 1.38 bits per heavy atom. The van der Waals surface area contributed by atoms with Crippen LogP contribution in [0.2, 0.25) is 0 Å². The third kappa shape index (κ3) is 3.08. The highest BCUT2D eigenvalue weighted by molar-refractivity contribution is 5.57. The van der Waals surface area contributed by atoms with E-state index in [4.69, 9.17) is 0 Å². The standard InChI is InChI=1S/C12H13F3N2O4/c13-12(14,15)10-4-7(1-2-11(10)17(20)21)16-5-9(19)3-8(16)6-18/h1-2,4,8-9,18-19H,3,5-6H2/q+1. The van der Waals surface area contributed by atoms with Gasteiger partial charge in [-0.15, -0.1) is 0 Å². The lowest BCUT2D eigenvalue weighted by Crippen LogP contribution is -2.32.